The van der Waals surface area contributed by atoms with E-state index >= 15 is 0 Å². The Morgan fingerprint density at radius 3 is 2.53 bits per heavy atom. The topological polar surface area (TPSA) is 47.7 Å². The highest BCUT2D eigenvalue weighted by atomic mass is 35.5. The van der Waals surface area contributed by atoms with Gasteiger partial charge < -0.3 is 15.2 Å². The Hall–Kier alpha value is -0.970. The molecule has 2 rings (SSSR count). The molecule has 108 valence electrons. The zero-order chi connectivity index (χ0) is 12.8. The first-order valence-corrected chi connectivity index (χ1v) is 6.62. The Labute approximate surface area is 121 Å². The van der Waals surface area contributed by atoms with Gasteiger partial charge in [-0.05, 0) is 32.0 Å². The van der Waals surface area contributed by atoms with Crippen molar-refractivity contribution in [3.8, 4) is 11.5 Å². The summed E-state index contributed by atoms with van der Waals surface area (Å²) in [6.45, 7) is 6.29. The third-order valence-corrected chi connectivity index (χ3v) is 3.12. The van der Waals surface area contributed by atoms with Crippen LogP contribution in [-0.4, -0.2) is 43.8 Å². The van der Waals surface area contributed by atoms with Crippen LogP contribution in [0.4, 0.5) is 0 Å². The first-order valence-electron chi connectivity index (χ1n) is 6.62. The first-order chi connectivity index (χ1) is 8.79. The number of para-hydroxylation sites is 2. The maximum Gasteiger partial charge on any atom is 0.161 e. The molecule has 4 nitrogen and oxygen atoms in total. The molecule has 1 aliphatic heterocycles. The van der Waals surface area contributed by atoms with Crippen molar-refractivity contribution in [2.75, 3.05) is 32.8 Å². The van der Waals surface area contributed by atoms with Crippen molar-refractivity contribution in [2.45, 2.75) is 19.4 Å². The van der Waals surface area contributed by atoms with Crippen molar-refractivity contribution < 1.29 is 9.47 Å². The summed E-state index contributed by atoms with van der Waals surface area (Å²) >= 11 is 0. The molecule has 1 aromatic carbocycles. The third kappa shape index (κ3) is 4.90. The Morgan fingerprint density at radius 2 is 1.95 bits per heavy atom. The van der Waals surface area contributed by atoms with Crippen LogP contribution in [0.2, 0.25) is 0 Å². The van der Waals surface area contributed by atoms with Crippen LogP contribution in [0.25, 0.3) is 0 Å². The zero-order valence-electron chi connectivity index (χ0n) is 11.4. The summed E-state index contributed by atoms with van der Waals surface area (Å²) in [5.41, 5.74) is 5.87. The van der Waals surface area contributed by atoms with Crippen LogP contribution >= 0.6 is 12.4 Å². The lowest BCUT2D eigenvalue weighted by Crippen LogP contribution is -2.29. The zero-order valence-corrected chi connectivity index (χ0v) is 12.2. The van der Waals surface area contributed by atoms with Crippen molar-refractivity contribution in [1.29, 1.82) is 0 Å². The highest BCUT2D eigenvalue weighted by Gasteiger charge is 2.18. The van der Waals surface area contributed by atoms with E-state index in [1.807, 2.05) is 31.2 Å². The number of nitrogens with two attached hydrogens (primary N) is 1. The molecular formula is C14H23ClN2O2. The molecule has 1 atom stereocenters. The van der Waals surface area contributed by atoms with Crippen molar-refractivity contribution in [1.82, 2.24) is 4.90 Å². The Balaban J connectivity index is 0.00000180. The molecule has 1 heterocycles. The predicted molar refractivity (Wildman–Crippen MR) is 79.4 cm³/mol. The second kappa shape index (κ2) is 8.25. The minimum absolute atomic E-state index is 0. The largest absolute Gasteiger partial charge is 0.490 e. The van der Waals surface area contributed by atoms with Gasteiger partial charge in [-0.2, -0.15) is 0 Å². The predicted octanol–water partition coefficient (Wildman–Crippen LogP) is 1.92. The van der Waals surface area contributed by atoms with Gasteiger partial charge in [-0.15, -0.1) is 12.4 Å². The van der Waals surface area contributed by atoms with Crippen molar-refractivity contribution in [3.05, 3.63) is 24.3 Å². The Bertz CT molecular complexity index is 376. The third-order valence-electron chi connectivity index (χ3n) is 3.12. The van der Waals surface area contributed by atoms with Crippen LogP contribution < -0.4 is 15.2 Å². The summed E-state index contributed by atoms with van der Waals surface area (Å²) in [6, 6.07) is 8.13. The quantitative estimate of drug-likeness (QED) is 0.868. The first kappa shape index (κ1) is 16.1. The van der Waals surface area contributed by atoms with Crippen molar-refractivity contribution in [2.24, 2.45) is 5.73 Å². The van der Waals surface area contributed by atoms with E-state index < -0.39 is 0 Å². The van der Waals surface area contributed by atoms with Gasteiger partial charge in [0, 0.05) is 19.1 Å². The molecule has 0 aliphatic carbocycles. The summed E-state index contributed by atoms with van der Waals surface area (Å²) in [7, 11) is 0. The van der Waals surface area contributed by atoms with E-state index in [1.54, 1.807) is 0 Å². The van der Waals surface area contributed by atoms with Crippen LogP contribution in [0.15, 0.2) is 24.3 Å². The molecule has 1 aliphatic rings. The molecule has 5 heteroatoms. The van der Waals surface area contributed by atoms with Gasteiger partial charge >= 0.3 is 0 Å². The normalized spacial score (nSPS) is 18.9. The van der Waals surface area contributed by atoms with E-state index in [2.05, 4.69) is 4.90 Å². The molecule has 0 unspecified atom stereocenters. The van der Waals surface area contributed by atoms with Gasteiger partial charge in [-0.1, -0.05) is 12.1 Å². The molecule has 0 amide bonds. The number of likely N-dealkylation sites (tertiary alicyclic amines) is 1. The van der Waals surface area contributed by atoms with E-state index in [1.165, 1.54) is 0 Å². The second-order valence-electron chi connectivity index (χ2n) is 4.58. The van der Waals surface area contributed by atoms with Gasteiger partial charge in [0.2, 0.25) is 0 Å². The summed E-state index contributed by atoms with van der Waals surface area (Å²) in [4.78, 5) is 2.34. The number of halogens is 1. The molecular weight excluding hydrogens is 264 g/mol. The monoisotopic (exact) mass is 286 g/mol. The average Bonchev–Trinajstić information content (AvgIpc) is 2.78. The van der Waals surface area contributed by atoms with Crippen LogP contribution in [0.5, 0.6) is 11.5 Å². The van der Waals surface area contributed by atoms with Crippen LogP contribution in [0, 0.1) is 0 Å². The minimum Gasteiger partial charge on any atom is -0.490 e. The molecule has 1 aromatic rings. The number of hydrogen-bond acceptors (Lipinski definition) is 4. The van der Waals surface area contributed by atoms with E-state index in [9.17, 15) is 0 Å². The Kier molecular flexibility index (Phi) is 6.99. The number of ether oxygens (including phenoxy) is 2. The number of hydrogen-bond donors (Lipinski definition) is 1. The highest BCUT2D eigenvalue weighted by molar-refractivity contribution is 5.85. The van der Waals surface area contributed by atoms with Gasteiger partial charge in [0.05, 0.1) is 6.61 Å². The standard InChI is InChI=1S/C14H22N2O2.ClH/c1-2-17-13-5-3-4-6-14(13)18-10-9-16-8-7-12(15)11-16;/h3-6,12H,2,7-11,15H2,1H3;1H/t12-;/m1./s1. The highest BCUT2D eigenvalue weighted by Crippen LogP contribution is 2.26. The fourth-order valence-corrected chi connectivity index (χ4v) is 2.19. The molecule has 0 saturated carbocycles. The van der Waals surface area contributed by atoms with Crippen LogP contribution in [0.1, 0.15) is 13.3 Å². The van der Waals surface area contributed by atoms with Gasteiger partial charge in [-0.3, -0.25) is 4.90 Å². The molecule has 19 heavy (non-hydrogen) atoms. The molecule has 1 fully saturated rings. The summed E-state index contributed by atoms with van der Waals surface area (Å²) in [5, 5.41) is 0. The minimum atomic E-state index is 0. The average molecular weight is 287 g/mol. The number of nitrogens with zero attached hydrogens (tertiary/aromatic N) is 1. The number of rotatable bonds is 6. The molecule has 1 saturated heterocycles. The fraction of sp³-hybridized carbons (Fsp3) is 0.571. The smallest absolute Gasteiger partial charge is 0.161 e. The number of benzene rings is 1. The Morgan fingerprint density at radius 1 is 1.26 bits per heavy atom. The summed E-state index contributed by atoms with van der Waals surface area (Å²) < 4.78 is 11.3. The maximum absolute atomic E-state index is 5.87. The van der Waals surface area contributed by atoms with Gasteiger partial charge in [-0.25, -0.2) is 0 Å². The fourth-order valence-electron chi connectivity index (χ4n) is 2.19. The second-order valence-corrected chi connectivity index (χ2v) is 4.58. The lowest BCUT2D eigenvalue weighted by Gasteiger charge is -2.16. The van der Waals surface area contributed by atoms with Crippen molar-refractivity contribution in [3.63, 3.8) is 0 Å². The molecule has 0 radical (unpaired) electrons. The van der Waals surface area contributed by atoms with Crippen molar-refractivity contribution >= 4 is 12.4 Å². The van der Waals surface area contributed by atoms with Crippen LogP contribution in [0.3, 0.4) is 0 Å². The summed E-state index contributed by atoms with van der Waals surface area (Å²) in [5.74, 6) is 1.64. The van der Waals surface area contributed by atoms with E-state index in [0.29, 0.717) is 19.3 Å². The van der Waals surface area contributed by atoms with Gasteiger partial charge in [0.1, 0.15) is 6.61 Å². The lowest BCUT2D eigenvalue weighted by atomic mass is 10.3. The van der Waals surface area contributed by atoms with E-state index in [-0.39, 0.29) is 12.4 Å². The van der Waals surface area contributed by atoms with E-state index in [4.69, 9.17) is 15.2 Å². The lowest BCUT2D eigenvalue weighted by molar-refractivity contribution is 0.225. The SMILES string of the molecule is CCOc1ccccc1OCCN1CC[C@@H](N)C1.Cl. The summed E-state index contributed by atoms with van der Waals surface area (Å²) in [6.07, 6.45) is 1.09. The van der Waals surface area contributed by atoms with Gasteiger partial charge in [0.25, 0.3) is 0 Å². The maximum atomic E-state index is 5.87. The molecule has 2 N–H and O–H groups in total. The van der Waals surface area contributed by atoms with Crippen LogP contribution in [-0.2, 0) is 0 Å². The van der Waals surface area contributed by atoms with E-state index in [0.717, 1.165) is 37.6 Å². The molecule has 0 bridgehead atoms. The van der Waals surface area contributed by atoms with Gasteiger partial charge in [0.15, 0.2) is 11.5 Å². The molecule has 0 aromatic heterocycles. The molecule has 0 spiro atoms.